The maximum Gasteiger partial charge on any atom is 0.345 e. The molecule has 0 spiro atoms. The molecule has 0 fully saturated rings. The van der Waals surface area contributed by atoms with E-state index in [9.17, 15) is 9.18 Å². The van der Waals surface area contributed by atoms with E-state index in [2.05, 4.69) is 15.2 Å². The van der Waals surface area contributed by atoms with Crippen LogP contribution in [0.3, 0.4) is 0 Å². The second-order valence-corrected chi connectivity index (χ2v) is 6.45. The third kappa shape index (κ3) is 4.00. The van der Waals surface area contributed by atoms with Crippen molar-refractivity contribution in [3.05, 3.63) is 70.6 Å². The van der Waals surface area contributed by atoms with E-state index in [1.807, 2.05) is 35.0 Å². The van der Waals surface area contributed by atoms with Crippen molar-refractivity contribution < 1.29 is 9.18 Å². The normalized spacial score (nSPS) is 11.2. The number of halogens is 2. The standard InChI is InChI=1S/C18H16ClFN4OS/c1-26-23-18(25)22-21-9-12-10-24(17-8-3-2-5-13(12)17)11-14-15(19)6-4-7-16(14)20/h2-10H,11H2,1H3,(H2,22,23,25)/b21-9+. The number of rotatable bonds is 5. The fraction of sp³-hybridized carbons (Fsp3) is 0.111. The third-order valence-corrected chi connectivity index (χ3v) is 4.52. The van der Waals surface area contributed by atoms with Crippen LogP contribution in [-0.2, 0) is 6.54 Å². The van der Waals surface area contributed by atoms with Crippen LogP contribution >= 0.6 is 23.5 Å². The number of fused-ring (bicyclic) bond motifs is 1. The average molecular weight is 391 g/mol. The molecule has 0 aliphatic heterocycles. The molecule has 0 atom stereocenters. The van der Waals surface area contributed by atoms with Crippen LogP contribution in [0.4, 0.5) is 9.18 Å². The number of carbonyl (C=O) groups excluding carboxylic acids is 1. The van der Waals surface area contributed by atoms with Crippen LogP contribution in [-0.4, -0.2) is 23.1 Å². The van der Waals surface area contributed by atoms with Crippen LogP contribution in [0, 0.1) is 5.82 Å². The highest BCUT2D eigenvalue weighted by Crippen LogP contribution is 2.25. The second kappa shape index (κ2) is 8.25. The Balaban J connectivity index is 1.92. The summed E-state index contributed by atoms with van der Waals surface area (Å²) in [5, 5.41) is 5.28. The van der Waals surface area contributed by atoms with Gasteiger partial charge in [0.15, 0.2) is 0 Å². The highest BCUT2D eigenvalue weighted by molar-refractivity contribution is 7.97. The van der Waals surface area contributed by atoms with E-state index in [0.717, 1.165) is 16.5 Å². The van der Waals surface area contributed by atoms with Crippen molar-refractivity contribution in [2.75, 3.05) is 6.26 Å². The van der Waals surface area contributed by atoms with E-state index in [0.29, 0.717) is 17.1 Å². The summed E-state index contributed by atoms with van der Waals surface area (Å²) in [5.41, 5.74) is 4.53. The lowest BCUT2D eigenvalue weighted by atomic mass is 10.2. The molecule has 0 radical (unpaired) electrons. The predicted molar refractivity (Wildman–Crippen MR) is 105 cm³/mol. The van der Waals surface area contributed by atoms with E-state index in [-0.39, 0.29) is 5.82 Å². The van der Waals surface area contributed by atoms with Gasteiger partial charge in [0.25, 0.3) is 0 Å². The fourth-order valence-electron chi connectivity index (χ4n) is 2.64. The third-order valence-electron chi connectivity index (χ3n) is 3.77. The van der Waals surface area contributed by atoms with Gasteiger partial charge in [-0.3, -0.25) is 4.72 Å². The molecule has 8 heteroatoms. The van der Waals surface area contributed by atoms with Gasteiger partial charge in [-0.25, -0.2) is 14.6 Å². The SMILES string of the molecule is CSNC(=O)N/N=C/c1cn(Cc2c(F)cccc2Cl)c2ccccc12. The summed E-state index contributed by atoms with van der Waals surface area (Å²) < 4.78 is 18.5. The van der Waals surface area contributed by atoms with Gasteiger partial charge in [-0.2, -0.15) is 5.10 Å². The number of para-hydroxylation sites is 1. The number of nitrogens with one attached hydrogen (secondary N) is 2. The average Bonchev–Trinajstić information content (AvgIpc) is 2.97. The number of hydrogen-bond acceptors (Lipinski definition) is 3. The maximum atomic E-state index is 14.1. The topological polar surface area (TPSA) is 58.4 Å². The molecule has 0 aliphatic rings. The van der Waals surface area contributed by atoms with E-state index in [1.165, 1.54) is 18.0 Å². The number of benzene rings is 2. The van der Waals surface area contributed by atoms with Crippen molar-refractivity contribution in [3.63, 3.8) is 0 Å². The van der Waals surface area contributed by atoms with Gasteiger partial charge >= 0.3 is 6.03 Å². The Hall–Kier alpha value is -2.51. The van der Waals surface area contributed by atoms with Crippen LogP contribution in [0.1, 0.15) is 11.1 Å². The van der Waals surface area contributed by atoms with Crippen LogP contribution in [0.5, 0.6) is 0 Å². The Kier molecular flexibility index (Phi) is 5.80. The number of nitrogens with zero attached hydrogens (tertiary/aromatic N) is 2. The molecule has 2 amide bonds. The van der Waals surface area contributed by atoms with E-state index in [1.54, 1.807) is 24.6 Å². The Morgan fingerprint density at radius 2 is 2.12 bits per heavy atom. The number of hydrogen-bond donors (Lipinski definition) is 2. The highest BCUT2D eigenvalue weighted by atomic mass is 35.5. The maximum absolute atomic E-state index is 14.1. The molecule has 0 aliphatic carbocycles. The molecule has 2 aromatic carbocycles. The lowest BCUT2D eigenvalue weighted by molar-refractivity contribution is 0.247. The number of urea groups is 1. The Morgan fingerprint density at radius 1 is 1.31 bits per heavy atom. The van der Waals surface area contributed by atoms with Gasteiger partial charge in [-0.05, 0) is 18.2 Å². The van der Waals surface area contributed by atoms with Crippen molar-refractivity contribution in [1.82, 2.24) is 14.7 Å². The summed E-state index contributed by atoms with van der Waals surface area (Å²) >= 11 is 7.33. The van der Waals surface area contributed by atoms with Gasteiger partial charge in [-0.15, -0.1) is 0 Å². The summed E-state index contributed by atoms with van der Waals surface area (Å²) in [6, 6.07) is 11.9. The predicted octanol–water partition coefficient (Wildman–Crippen LogP) is 4.39. The van der Waals surface area contributed by atoms with E-state index < -0.39 is 6.03 Å². The molecular weight excluding hydrogens is 375 g/mol. The zero-order valence-electron chi connectivity index (χ0n) is 13.9. The van der Waals surface area contributed by atoms with Crippen molar-refractivity contribution in [3.8, 4) is 0 Å². The molecule has 5 nitrogen and oxygen atoms in total. The van der Waals surface area contributed by atoms with Gasteiger partial charge in [0.05, 0.1) is 12.8 Å². The quantitative estimate of drug-likeness (QED) is 0.385. The van der Waals surface area contributed by atoms with Gasteiger partial charge in [0, 0.05) is 39.5 Å². The van der Waals surface area contributed by atoms with Crippen LogP contribution in [0.25, 0.3) is 10.9 Å². The number of amides is 2. The summed E-state index contributed by atoms with van der Waals surface area (Å²) in [5.74, 6) is -0.346. The molecule has 3 rings (SSSR count). The van der Waals surface area contributed by atoms with Crippen molar-refractivity contribution in [1.29, 1.82) is 0 Å². The minimum Gasteiger partial charge on any atom is -0.342 e. The number of aromatic nitrogens is 1. The molecule has 0 saturated carbocycles. The molecular formula is C18H16ClFN4OS. The first-order valence-electron chi connectivity index (χ1n) is 7.73. The summed E-state index contributed by atoms with van der Waals surface area (Å²) in [4.78, 5) is 11.4. The first-order valence-corrected chi connectivity index (χ1v) is 9.33. The smallest absolute Gasteiger partial charge is 0.342 e. The molecule has 0 saturated heterocycles. The molecule has 3 aromatic rings. The monoisotopic (exact) mass is 390 g/mol. The first kappa shape index (κ1) is 18.3. The second-order valence-electron chi connectivity index (χ2n) is 5.44. The van der Waals surface area contributed by atoms with Crippen molar-refractivity contribution in [2.45, 2.75) is 6.54 Å². The summed E-state index contributed by atoms with van der Waals surface area (Å²) in [6.45, 7) is 0.292. The molecule has 1 heterocycles. The van der Waals surface area contributed by atoms with E-state index >= 15 is 0 Å². The molecule has 0 unspecified atom stereocenters. The van der Waals surface area contributed by atoms with Gasteiger partial charge in [0.2, 0.25) is 0 Å². The summed E-state index contributed by atoms with van der Waals surface area (Å²) in [6.07, 6.45) is 5.15. The minimum atomic E-state index is -0.407. The van der Waals surface area contributed by atoms with Crippen LogP contribution < -0.4 is 10.1 Å². The van der Waals surface area contributed by atoms with E-state index in [4.69, 9.17) is 11.6 Å². The van der Waals surface area contributed by atoms with Crippen LogP contribution in [0.15, 0.2) is 53.8 Å². The number of hydrazone groups is 1. The van der Waals surface area contributed by atoms with Crippen molar-refractivity contribution in [2.24, 2.45) is 5.10 Å². The number of carbonyl (C=O) groups is 1. The van der Waals surface area contributed by atoms with Crippen molar-refractivity contribution >= 4 is 46.7 Å². The molecule has 2 N–H and O–H groups in total. The Bertz CT molecular complexity index is 953. The zero-order valence-corrected chi connectivity index (χ0v) is 15.4. The highest BCUT2D eigenvalue weighted by Gasteiger charge is 2.12. The molecule has 0 bridgehead atoms. The van der Waals surface area contributed by atoms with Gasteiger partial charge in [0.1, 0.15) is 5.82 Å². The van der Waals surface area contributed by atoms with Gasteiger partial charge < -0.3 is 4.57 Å². The summed E-state index contributed by atoms with van der Waals surface area (Å²) in [7, 11) is 0. The molecule has 134 valence electrons. The minimum absolute atomic E-state index is 0.292. The Morgan fingerprint density at radius 3 is 2.88 bits per heavy atom. The lowest BCUT2D eigenvalue weighted by Gasteiger charge is -2.08. The zero-order chi connectivity index (χ0) is 18.5. The lowest BCUT2D eigenvalue weighted by Crippen LogP contribution is -2.26. The molecule has 26 heavy (non-hydrogen) atoms. The Labute approximate surface area is 159 Å². The van der Waals surface area contributed by atoms with Gasteiger partial charge in [-0.1, -0.05) is 47.8 Å². The fourth-order valence-corrected chi connectivity index (χ4v) is 3.09. The first-order chi connectivity index (χ1) is 12.6. The van der Waals surface area contributed by atoms with Crippen LogP contribution in [0.2, 0.25) is 5.02 Å². The molecule has 1 aromatic heterocycles. The largest absolute Gasteiger partial charge is 0.345 e.